The van der Waals surface area contributed by atoms with Crippen molar-refractivity contribution in [2.75, 3.05) is 25.0 Å². The molecule has 2 aromatic rings. The SMILES string of the molecule is C[C@H]1CCCCN1C(=O)[C@@H](NC(=O)c1ccccc1)C1CCN(C(=O)Nc2cccc(Cl)c2)CC1. The fraction of sp³-hybridized carbons (Fsp3) is 0.444. The van der Waals surface area contributed by atoms with Crippen LogP contribution >= 0.6 is 11.6 Å². The van der Waals surface area contributed by atoms with Gasteiger partial charge in [0.2, 0.25) is 5.91 Å². The molecule has 2 aliphatic rings. The maximum atomic E-state index is 13.7. The van der Waals surface area contributed by atoms with Gasteiger partial charge in [0.25, 0.3) is 5.91 Å². The van der Waals surface area contributed by atoms with Crippen LogP contribution in [0.25, 0.3) is 0 Å². The first-order valence-corrected chi connectivity index (χ1v) is 12.8. The minimum atomic E-state index is -0.610. The third-order valence-electron chi connectivity index (χ3n) is 7.05. The molecule has 2 aromatic carbocycles. The topological polar surface area (TPSA) is 81.8 Å². The highest BCUT2D eigenvalue weighted by Crippen LogP contribution is 2.26. The van der Waals surface area contributed by atoms with Crippen LogP contribution < -0.4 is 10.6 Å². The van der Waals surface area contributed by atoms with Gasteiger partial charge in [-0.05, 0) is 75.3 Å². The van der Waals surface area contributed by atoms with Crippen LogP contribution in [0.4, 0.5) is 10.5 Å². The standard InChI is InChI=1S/C27H33ClN4O3/c1-19-8-5-6-15-32(19)26(34)24(30-25(33)21-9-3-2-4-10-21)20-13-16-31(17-14-20)27(35)29-23-12-7-11-22(28)18-23/h2-4,7,9-12,18-20,24H,5-6,8,13-17H2,1H3,(H,29,35)(H,30,33)/t19-,24-/m0/s1. The van der Waals surface area contributed by atoms with Gasteiger partial charge in [0.1, 0.15) is 6.04 Å². The summed E-state index contributed by atoms with van der Waals surface area (Å²) < 4.78 is 0. The summed E-state index contributed by atoms with van der Waals surface area (Å²) in [5.41, 5.74) is 1.18. The fourth-order valence-electron chi connectivity index (χ4n) is 5.00. The summed E-state index contributed by atoms with van der Waals surface area (Å²) in [5, 5.41) is 6.49. The van der Waals surface area contributed by atoms with Crippen LogP contribution in [0.15, 0.2) is 54.6 Å². The molecule has 4 amide bonds. The van der Waals surface area contributed by atoms with E-state index < -0.39 is 6.04 Å². The van der Waals surface area contributed by atoms with E-state index in [1.54, 1.807) is 41.3 Å². The van der Waals surface area contributed by atoms with E-state index >= 15 is 0 Å². The molecule has 0 unspecified atom stereocenters. The smallest absolute Gasteiger partial charge is 0.321 e. The average Bonchev–Trinajstić information content (AvgIpc) is 2.88. The van der Waals surface area contributed by atoms with Gasteiger partial charge in [-0.1, -0.05) is 35.9 Å². The van der Waals surface area contributed by atoms with Crippen molar-refractivity contribution < 1.29 is 14.4 Å². The van der Waals surface area contributed by atoms with Gasteiger partial charge in [-0.25, -0.2) is 4.79 Å². The first-order chi connectivity index (χ1) is 16.9. The summed E-state index contributed by atoms with van der Waals surface area (Å²) in [6.07, 6.45) is 4.35. The highest BCUT2D eigenvalue weighted by Gasteiger charge is 2.38. The van der Waals surface area contributed by atoms with E-state index in [0.717, 1.165) is 25.8 Å². The van der Waals surface area contributed by atoms with Gasteiger partial charge in [-0.15, -0.1) is 0 Å². The maximum Gasteiger partial charge on any atom is 0.321 e. The molecule has 8 heteroatoms. The zero-order valence-electron chi connectivity index (χ0n) is 20.1. The van der Waals surface area contributed by atoms with E-state index in [2.05, 4.69) is 17.6 Å². The van der Waals surface area contributed by atoms with Gasteiger partial charge in [0, 0.05) is 41.9 Å². The Morgan fingerprint density at radius 3 is 2.37 bits per heavy atom. The molecule has 0 spiro atoms. The Hall–Kier alpha value is -3.06. The normalized spacial score (nSPS) is 19.7. The molecule has 186 valence electrons. The van der Waals surface area contributed by atoms with Crippen LogP contribution in [0.3, 0.4) is 0 Å². The number of amides is 4. The minimum Gasteiger partial charge on any atom is -0.340 e. The van der Waals surface area contributed by atoms with E-state index in [4.69, 9.17) is 11.6 Å². The Balaban J connectivity index is 1.43. The molecule has 0 aliphatic carbocycles. The van der Waals surface area contributed by atoms with Crippen LogP contribution in [-0.4, -0.2) is 59.4 Å². The lowest BCUT2D eigenvalue weighted by Gasteiger charge is -2.40. The van der Waals surface area contributed by atoms with Gasteiger partial charge < -0.3 is 20.4 Å². The van der Waals surface area contributed by atoms with E-state index in [-0.39, 0.29) is 29.8 Å². The van der Waals surface area contributed by atoms with Gasteiger partial charge in [-0.2, -0.15) is 0 Å². The maximum absolute atomic E-state index is 13.7. The Labute approximate surface area is 211 Å². The lowest BCUT2D eigenvalue weighted by molar-refractivity contribution is -0.138. The van der Waals surface area contributed by atoms with Gasteiger partial charge in [0.15, 0.2) is 0 Å². The summed E-state index contributed by atoms with van der Waals surface area (Å²) in [6, 6.07) is 15.4. The molecule has 7 nitrogen and oxygen atoms in total. The monoisotopic (exact) mass is 496 g/mol. The highest BCUT2D eigenvalue weighted by atomic mass is 35.5. The van der Waals surface area contributed by atoms with Crippen LogP contribution in [0.5, 0.6) is 0 Å². The van der Waals surface area contributed by atoms with Crippen LogP contribution in [0.2, 0.25) is 5.02 Å². The molecule has 0 saturated carbocycles. The minimum absolute atomic E-state index is 0.0108. The molecule has 2 fully saturated rings. The van der Waals surface area contributed by atoms with Crippen molar-refractivity contribution in [3.05, 3.63) is 65.2 Å². The molecular weight excluding hydrogens is 464 g/mol. The number of anilines is 1. The molecule has 4 rings (SSSR count). The summed E-state index contributed by atoms with van der Waals surface area (Å²) in [7, 11) is 0. The number of hydrogen-bond acceptors (Lipinski definition) is 3. The molecule has 0 aromatic heterocycles. The largest absolute Gasteiger partial charge is 0.340 e. The lowest BCUT2D eigenvalue weighted by atomic mass is 9.87. The first kappa shape index (κ1) is 25.0. The summed E-state index contributed by atoms with van der Waals surface area (Å²) in [6.45, 7) is 3.82. The van der Waals surface area contributed by atoms with Crippen LogP contribution in [0.1, 0.15) is 49.4 Å². The Morgan fingerprint density at radius 2 is 1.69 bits per heavy atom. The molecule has 2 saturated heterocycles. The zero-order valence-corrected chi connectivity index (χ0v) is 20.8. The number of benzene rings is 2. The lowest BCUT2D eigenvalue weighted by Crippen LogP contribution is -2.57. The van der Waals surface area contributed by atoms with Gasteiger partial charge in [-0.3, -0.25) is 9.59 Å². The van der Waals surface area contributed by atoms with Crippen molar-refractivity contribution in [2.45, 2.75) is 51.1 Å². The quantitative estimate of drug-likeness (QED) is 0.624. The molecule has 0 bridgehead atoms. The van der Waals surface area contributed by atoms with Crippen molar-refractivity contribution in [3.8, 4) is 0 Å². The third-order valence-corrected chi connectivity index (χ3v) is 7.28. The number of carbonyl (C=O) groups is 3. The van der Waals surface area contributed by atoms with Crippen molar-refractivity contribution in [2.24, 2.45) is 5.92 Å². The summed E-state index contributed by atoms with van der Waals surface area (Å²) in [5.74, 6) is -0.294. The predicted octanol–water partition coefficient (Wildman–Crippen LogP) is 4.78. The zero-order chi connectivity index (χ0) is 24.8. The number of nitrogens with one attached hydrogen (secondary N) is 2. The van der Waals surface area contributed by atoms with Crippen molar-refractivity contribution in [1.82, 2.24) is 15.1 Å². The van der Waals surface area contributed by atoms with Gasteiger partial charge in [0.05, 0.1) is 0 Å². The second kappa shape index (κ2) is 11.6. The fourth-order valence-corrected chi connectivity index (χ4v) is 5.19. The Bertz CT molecular complexity index is 1040. The third kappa shape index (κ3) is 6.34. The molecule has 2 aliphatic heterocycles. The highest BCUT2D eigenvalue weighted by molar-refractivity contribution is 6.30. The number of halogens is 1. The Morgan fingerprint density at radius 1 is 0.943 bits per heavy atom. The molecule has 2 N–H and O–H groups in total. The van der Waals surface area contributed by atoms with Crippen LogP contribution in [-0.2, 0) is 4.79 Å². The molecule has 2 atom stereocenters. The number of likely N-dealkylation sites (tertiary alicyclic amines) is 2. The second-order valence-electron chi connectivity index (χ2n) is 9.46. The van der Waals surface area contributed by atoms with Crippen molar-refractivity contribution in [3.63, 3.8) is 0 Å². The number of rotatable bonds is 5. The molecule has 0 radical (unpaired) electrons. The Kier molecular flexibility index (Phi) is 8.29. The first-order valence-electron chi connectivity index (χ1n) is 12.4. The van der Waals surface area contributed by atoms with E-state index in [9.17, 15) is 14.4 Å². The molecular formula is C27H33ClN4O3. The van der Waals surface area contributed by atoms with Gasteiger partial charge >= 0.3 is 6.03 Å². The van der Waals surface area contributed by atoms with Crippen molar-refractivity contribution in [1.29, 1.82) is 0 Å². The number of nitrogens with zero attached hydrogens (tertiary/aromatic N) is 2. The summed E-state index contributed by atoms with van der Waals surface area (Å²) in [4.78, 5) is 43.1. The van der Waals surface area contributed by atoms with E-state index in [1.807, 2.05) is 23.1 Å². The second-order valence-corrected chi connectivity index (χ2v) is 9.90. The number of urea groups is 1. The molecule has 2 heterocycles. The van der Waals surface area contributed by atoms with E-state index in [1.165, 1.54) is 0 Å². The number of hydrogen-bond donors (Lipinski definition) is 2. The predicted molar refractivity (Wildman–Crippen MR) is 137 cm³/mol. The van der Waals surface area contributed by atoms with E-state index in [0.29, 0.717) is 42.2 Å². The number of carbonyl (C=O) groups excluding carboxylic acids is 3. The molecule has 35 heavy (non-hydrogen) atoms. The number of piperidine rings is 2. The van der Waals surface area contributed by atoms with Crippen LogP contribution in [0, 0.1) is 5.92 Å². The summed E-state index contributed by atoms with van der Waals surface area (Å²) >= 11 is 6.02. The average molecular weight is 497 g/mol. The van der Waals surface area contributed by atoms with Crippen molar-refractivity contribution >= 4 is 35.1 Å².